The summed E-state index contributed by atoms with van der Waals surface area (Å²) in [4.78, 5) is 12.7. The number of carbonyl (C=O) groups is 1. The van der Waals surface area contributed by atoms with Crippen LogP contribution in [0.3, 0.4) is 0 Å². The topological polar surface area (TPSA) is 32.3 Å². The number of nitrogens with zero attached hydrogens (tertiary/aromatic N) is 1. The minimum atomic E-state index is -0.205. The van der Waals surface area contributed by atoms with Crippen LogP contribution >= 0.6 is 23.2 Å². The summed E-state index contributed by atoms with van der Waals surface area (Å²) < 4.78 is 0. The Morgan fingerprint density at radius 2 is 1.87 bits per heavy atom. The second kappa shape index (κ2) is 6.61. The van der Waals surface area contributed by atoms with Crippen molar-refractivity contribution in [3.05, 3.63) is 28.2 Å². The fourth-order valence-corrected chi connectivity index (χ4v) is 1.11. The third-order valence-corrected chi connectivity index (χ3v) is 2.32. The van der Waals surface area contributed by atoms with Crippen LogP contribution < -0.4 is 5.32 Å². The van der Waals surface area contributed by atoms with Gasteiger partial charge in [-0.3, -0.25) is 0 Å². The second-order valence-electron chi connectivity index (χ2n) is 2.95. The van der Waals surface area contributed by atoms with Gasteiger partial charge in [0.1, 0.15) is 0 Å². The number of nitrogens with one attached hydrogen (secondary N) is 1. The Morgan fingerprint density at radius 3 is 2.33 bits per heavy atom. The van der Waals surface area contributed by atoms with E-state index in [0.29, 0.717) is 15.7 Å². The number of urea groups is 1. The number of rotatable bonds is 1. The number of benzene rings is 1. The molecule has 0 fully saturated rings. The number of halogens is 2. The summed E-state index contributed by atoms with van der Waals surface area (Å²) in [5.41, 5.74) is 0.623. The summed E-state index contributed by atoms with van der Waals surface area (Å²) in [7, 11) is 3.32. The molecule has 1 aromatic carbocycles. The predicted molar refractivity (Wildman–Crippen MR) is 66.3 cm³/mol. The molecule has 0 radical (unpaired) electrons. The molecule has 6 heteroatoms. The average Bonchev–Trinajstić information content (AvgIpc) is 2.11. The molecule has 0 aliphatic rings. The van der Waals surface area contributed by atoms with Gasteiger partial charge in [0.15, 0.2) is 0 Å². The maximum absolute atomic E-state index is 11.2. The zero-order valence-corrected chi connectivity index (χ0v) is 9.36. The molecule has 1 rings (SSSR count). The molecule has 0 atom stereocenters. The van der Waals surface area contributed by atoms with Gasteiger partial charge >= 0.3 is 35.6 Å². The van der Waals surface area contributed by atoms with Crippen LogP contribution in [0.2, 0.25) is 10.0 Å². The minimum absolute atomic E-state index is 0. The van der Waals surface area contributed by atoms with Gasteiger partial charge in [0.2, 0.25) is 0 Å². The molecule has 78 valence electrons. The molecule has 0 aliphatic heterocycles. The van der Waals surface area contributed by atoms with E-state index in [-0.39, 0.29) is 35.6 Å². The predicted octanol–water partition coefficient (Wildman–Crippen LogP) is 2.44. The van der Waals surface area contributed by atoms with Crippen LogP contribution in [-0.4, -0.2) is 54.6 Å². The Kier molecular flexibility index (Phi) is 6.64. The van der Waals surface area contributed by atoms with Crippen LogP contribution in [0.4, 0.5) is 10.5 Å². The van der Waals surface area contributed by atoms with Gasteiger partial charge < -0.3 is 10.2 Å². The van der Waals surface area contributed by atoms with Crippen LogP contribution in [0.5, 0.6) is 0 Å². The molecule has 0 heterocycles. The van der Waals surface area contributed by atoms with Gasteiger partial charge in [-0.25, -0.2) is 4.79 Å². The van der Waals surface area contributed by atoms with E-state index in [2.05, 4.69) is 5.32 Å². The van der Waals surface area contributed by atoms with E-state index >= 15 is 0 Å². The Hall–Kier alpha value is 0.0700. The van der Waals surface area contributed by atoms with Crippen molar-refractivity contribution in [2.24, 2.45) is 0 Å². The molecule has 1 N–H and O–H groups in total. The summed E-state index contributed by atoms with van der Waals surface area (Å²) in [5, 5.41) is 3.54. The summed E-state index contributed by atoms with van der Waals surface area (Å²) >= 11 is 11.5. The normalized spacial score (nSPS) is 9.07. The molecular weight excluding hydrogens is 246 g/mol. The summed E-state index contributed by atoms with van der Waals surface area (Å²) in [5.74, 6) is 0. The van der Waals surface area contributed by atoms with Crippen molar-refractivity contribution in [2.45, 2.75) is 0 Å². The van der Waals surface area contributed by atoms with Gasteiger partial charge in [0.25, 0.3) is 0 Å². The zero-order valence-electron chi connectivity index (χ0n) is 7.84. The van der Waals surface area contributed by atoms with Crippen molar-refractivity contribution in [1.29, 1.82) is 0 Å². The zero-order chi connectivity index (χ0) is 10.7. The maximum atomic E-state index is 11.2. The molecule has 3 nitrogen and oxygen atoms in total. The Balaban J connectivity index is 0.00000196. The quantitative estimate of drug-likeness (QED) is 0.770. The van der Waals surface area contributed by atoms with Gasteiger partial charge in [-0.1, -0.05) is 23.2 Å². The van der Waals surface area contributed by atoms with Crippen molar-refractivity contribution >= 4 is 64.5 Å². The van der Waals surface area contributed by atoms with Crippen LogP contribution in [0.1, 0.15) is 0 Å². The van der Waals surface area contributed by atoms with Crippen LogP contribution in [-0.2, 0) is 0 Å². The fourth-order valence-electron chi connectivity index (χ4n) is 0.809. The summed E-state index contributed by atoms with van der Waals surface area (Å²) in [6, 6.07) is 4.72. The molecule has 0 bridgehead atoms. The number of carbonyl (C=O) groups excluding carboxylic acids is 1. The van der Waals surface area contributed by atoms with E-state index < -0.39 is 0 Å². The molecule has 0 aliphatic carbocycles. The van der Waals surface area contributed by atoms with Gasteiger partial charge in [-0.05, 0) is 18.2 Å². The average molecular weight is 257 g/mol. The van der Waals surface area contributed by atoms with Crippen LogP contribution in [0.15, 0.2) is 18.2 Å². The van der Waals surface area contributed by atoms with E-state index in [4.69, 9.17) is 23.2 Å². The van der Waals surface area contributed by atoms with E-state index in [1.807, 2.05) is 0 Å². The molecule has 0 saturated carbocycles. The van der Waals surface area contributed by atoms with Crippen molar-refractivity contribution < 1.29 is 4.79 Å². The van der Waals surface area contributed by atoms with Crippen LogP contribution in [0.25, 0.3) is 0 Å². The monoisotopic (exact) mass is 256 g/mol. The number of hydrogen-bond donors (Lipinski definition) is 1. The number of hydrogen-bond acceptors (Lipinski definition) is 1. The molecular formula is C9H11Cl2N2NaO. The first-order chi connectivity index (χ1) is 6.50. The Morgan fingerprint density at radius 1 is 1.27 bits per heavy atom. The molecule has 2 amide bonds. The standard InChI is InChI=1S/C9H10Cl2N2O.Na.H/c1-13(2)9(14)12-6-3-4-7(10)8(11)5-6;;/h3-5H,1-2H3,(H,12,14);;. The summed E-state index contributed by atoms with van der Waals surface area (Å²) in [6.07, 6.45) is 0. The van der Waals surface area contributed by atoms with Gasteiger partial charge in [0.05, 0.1) is 10.0 Å². The van der Waals surface area contributed by atoms with Gasteiger partial charge in [-0.2, -0.15) is 0 Å². The molecule has 0 aromatic heterocycles. The first kappa shape index (κ1) is 15.1. The van der Waals surface area contributed by atoms with Crippen molar-refractivity contribution in [3.63, 3.8) is 0 Å². The van der Waals surface area contributed by atoms with E-state index in [0.717, 1.165) is 0 Å². The van der Waals surface area contributed by atoms with Gasteiger partial charge in [-0.15, -0.1) is 0 Å². The van der Waals surface area contributed by atoms with Gasteiger partial charge in [0, 0.05) is 19.8 Å². The van der Waals surface area contributed by atoms with E-state index in [1.54, 1.807) is 32.3 Å². The third-order valence-electron chi connectivity index (χ3n) is 1.58. The van der Waals surface area contributed by atoms with Crippen molar-refractivity contribution in [2.75, 3.05) is 19.4 Å². The van der Waals surface area contributed by atoms with Crippen molar-refractivity contribution in [1.82, 2.24) is 4.90 Å². The Bertz CT molecular complexity index is 358. The van der Waals surface area contributed by atoms with E-state index in [9.17, 15) is 4.79 Å². The third kappa shape index (κ3) is 4.62. The molecule has 15 heavy (non-hydrogen) atoms. The SMILES string of the molecule is CN(C)C(=O)Nc1ccc(Cl)c(Cl)c1.[NaH]. The van der Waals surface area contributed by atoms with Crippen LogP contribution in [0, 0.1) is 0 Å². The summed E-state index contributed by atoms with van der Waals surface area (Å²) in [6.45, 7) is 0. The molecule has 1 aromatic rings. The van der Waals surface area contributed by atoms with Crippen molar-refractivity contribution in [3.8, 4) is 0 Å². The Labute approximate surface area is 121 Å². The molecule has 0 saturated heterocycles. The molecule has 0 spiro atoms. The second-order valence-corrected chi connectivity index (χ2v) is 3.77. The van der Waals surface area contributed by atoms with E-state index in [1.165, 1.54) is 4.90 Å². The first-order valence-corrected chi connectivity index (χ1v) is 4.69. The fraction of sp³-hybridized carbons (Fsp3) is 0.222. The molecule has 0 unspecified atom stereocenters. The number of anilines is 1. The first-order valence-electron chi connectivity index (χ1n) is 3.94. The number of amides is 2.